The van der Waals surface area contributed by atoms with E-state index in [-0.39, 0.29) is 11.9 Å². The van der Waals surface area contributed by atoms with Crippen LogP contribution in [-0.4, -0.2) is 72.8 Å². The lowest BCUT2D eigenvalue weighted by Gasteiger charge is -2.34. The van der Waals surface area contributed by atoms with Gasteiger partial charge in [-0.2, -0.15) is 0 Å². The summed E-state index contributed by atoms with van der Waals surface area (Å²) in [6.07, 6.45) is 2.34. The molecule has 2 aromatic rings. The van der Waals surface area contributed by atoms with Crippen LogP contribution in [0.25, 0.3) is 0 Å². The summed E-state index contributed by atoms with van der Waals surface area (Å²) in [6.45, 7) is 3.20. The molecule has 1 saturated heterocycles. The maximum Gasteiger partial charge on any atom is 0.224 e. The van der Waals surface area contributed by atoms with E-state index in [1.807, 2.05) is 0 Å². The number of aryl methyl sites for hydroxylation is 1. The third kappa shape index (κ3) is 3.40. The quantitative estimate of drug-likeness (QED) is 0.820. The highest BCUT2D eigenvalue weighted by Gasteiger charge is 2.38. The monoisotopic (exact) mass is 342 g/mol. The second-order valence-electron chi connectivity index (χ2n) is 6.75. The molecule has 1 fully saturated rings. The van der Waals surface area contributed by atoms with E-state index in [9.17, 15) is 9.90 Å². The predicted octanol–water partition coefficient (Wildman–Crippen LogP) is -0.307. The number of aliphatic hydroxyl groups is 1. The van der Waals surface area contributed by atoms with Crippen molar-refractivity contribution in [2.45, 2.75) is 38.1 Å². The molecular formula is C17H22N6O2. The number of amides is 1. The number of β-amino-alcohol motifs (C(OH)–C–C–N with tert-alkyl or cyclic N) is 1. The Morgan fingerprint density at radius 1 is 1.24 bits per heavy atom. The molecule has 1 aromatic carbocycles. The van der Waals surface area contributed by atoms with E-state index in [1.165, 1.54) is 17.5 Å². The SMILES string of the molecule is O=C(CCn1cnnn1)N1C[C@@H](O)[C@H](N2CCc3ccccc3C2)C1. The zero-order valence-corrected chi connectivity index (χ0v) is 14.0. The molecule has 2 atom stereocenters. The molecule has 0 radical (unpaired) electrons. The first kappa shape index (κ1) is 16.2. The normalized spacial score (nSPS) is 23.6. The van der Waals surface area contributed by atoms with E-state index in [0.29, 0.717) is 26.1 Å². The molecule has 8 nitrogen and oxygen atoms in total. The van der Waals surface area contributed by atoms with Crippen LogP contribution in [0.1, 0.15) is 17.5 Å². The number of hydrogen-bond donors (Lipinski definition) is 1. The molecule has 2 aliphatic rings. The highest BCUT2D eigenvalue weighted by Crippen LogP contribution is 2.25. The minimum Gasteiger partial charge on any atom is -0.390 e. The fourth-order valence-corrected chi connectivity index (χ4v) is 3.78. The van der Waals surface area contributed by atoms with Crippen LogP contribution in [0.5, 0.6) is 0 Å². The van der Waals surface area contributed by atoms with Gasteiger partial charge in [-0.05, 0) is 28.0 Å². The van der Waals surface area contributed by atoms with Crippen molar-refractivity contribution in [2.24, 2.45) is 0 Å². The summed E-state index contributed by atoms with van der Waals surface area (Å²) in [5.41, 5.74) is 2.71. The Kier molecular flexibility index (Phi) is 4.46. The molecule has 3 heterocycles. The molecule has 4 rings (SSSR count). The van der Waals surface area contributed by atoms with Crippen LogP contribution < -0.4 is 0 Å². The van der Waals surface area contributed by atoms with E-state index in [4.69, 9.17) is 0 Å². The van der Waals surface area contributed by atoms with Gasteiger partial charge in [-0.25, -0.2) is 4.68 Å². The number of aromatic nitrogens is 4. The number of likely N-dealkylation sites (tertiary alicyclic amines) is 1. The highest BCUT2D eigenvalue weighted by molar-refractivity contribution is 5.76. The largest absolute Gasteiger partial charge is 0.390 e. The number of fused-ring (bicyclic) bond motifs is 1. The third-order valence-corrected chi connectivity index (χ3v) is 5.19. The Hall–Kier alpha value is -2.32. The molecule has 25 heavy (non-hydrogen) atoms. The van der Waals surface area contributed by atoms with Crippen molar-refractivity contribution < 1.29 is 9.90 Å². The summed E-state index contributed by atoms with van der Waals surface area (Å²) in [4.78, 5) is 16.5. The Morgan fingerprint density at radius 3 is 2.88 bits per heavy atom. The van der Waals surface area contributed by atoms with E-state index in [1.54, 1.807) is 9.58 Å². The lowest BCUT2D eigenvalue weighted by molar-refractivity contribution is -0.130. The Bertz CT molecular complexity index is 734. The topological polar surface area (TPSA) is 87.4 Å². The van der Waals surface area contributed by atoms with Crippen molar-refractivity contribution in [1.82, 2.24) is 30.0 Å². The van der Waals surface area contributed by atoms with Gasteiger partial charge in [0.1, 0.15) is 6.33 Å². The number of hydrogen-bond acceptors (Lipinski definition) is 6. The van der Waals surface area contributed by atoms with Gasteiger partial charge in [-0.1, -0.05) is 24.3 Å². The van der Waals surface area contributed by atoms with Gasteiger partial charge >= 0.3 is 0 Å². The van der Waals surface area contributed by atoms with Crippen LogP contribution in [0.2, 0.25) is 0 Å². The van der Waals surface area contributed by atoms with Crippen LogP contribution in [0.15, 0.2) is 30.6 Å². The molecule has 0 spiro atoms. The summed E-state index contributed by atoms with van der Waals surface area (Å²) >= 11 is 0. The summed E-state index contributed by atoms with van der Waals surface area (Å²) in [6, 6.07) is 8.46. The molecule has 0 aliphatic carbocycles. The number of carbonyl (C=O) groups excluding carboxylic acids is 1. The molecule has 0 unspecified atom stereocenters. The zero-order chi connectivity index (χ0) is 17.2. The van der Waals surface area contributed by atoms with Gasteiger partial charge in [0.15, 0.2) is 0 Å². The van der Waals surface area contributed by atoms with Crippen molar-refractivity contribution in [1.29, 1.82) is 0 Å². The fourth-order valence-electron chi connectivity index (χ4n) is 3.78. The average molecular weight is 342 g/mol. The number of tetrazole rings is 1. The molecule has 2 aliphatic heterocycles. The third-order valence-electron chi connectivity index (χ3n) is 5.19. The summed E-state index contributed by atoms with van der Waals surface area (Å²) in [5.74, 6) is 0.0365. The van der Waals surface area contributed by atoms with Crippen molar-refractivity contribution in [3.05, 3.63) is 41.7 Å². The molecule has 132 valence electrons. The molecule has 1 amide bonds. The molecule has 1 N–H and O–H groups in total. The lowest BCUT2D eigenvalue weighted by Crippen LogP contribution is -2.45. The highest BCUT2D eigenvalue weighted by atomic mass is 16.3. The van der Waals surface area contributed by atoms with E-state index in [2.05, 4.69) is 44.7 Å². The summed E-state index contributed by atoms with van der Waals surface area (Å²) in [7, 11) is 0. The van der Waals surface area contributed by atoms with Gasteiger partial charge in [0.25, 0.3) is 0 Å². The van der Waals surface area contributed by atoms with E-state index >= 15 is 0 Å². The minimum absolute atomic E-state index is 0.00495. The first-order valence-electron chi connectivity index (χ1n) is 8.68. The second kappa shape index (κ2) is 6.89. The van der Waals surface area contributed by atoms with Gasteiger partial charge in [-0.3, -0.25) is 9.69 Å². The fraction of sp³-hybridized carbons (Fsp3) is 0.529. The van der Waals surface area contributed by atoms with Crippen LogP contribution in [-0.2, 0) is 24.3 Å². The van der Waals surface area contributed by atoms with Gasteiger partial charge in [0.05, 0.1) is 18.7 Å². The molecule has 1 aromatic heterocycles. The van der Waals surface area contributed by atoms with Gasteiger partial charge in [0.2, 0.25) is 5.91 Å². The maximum atomic E-state index is 12.4. The van der Waals surface area contributed by atoms with Crippen molar-refractivity contribution in [3.63, 3.8) is 0 Å². The minimum atomic E-state index is -0.498. The average Bonchev–Trinajstić information content (AvgIpc) is 3.29. The Morgan fingerprint density at radius 2 is 2.08 bits per heavy atom. The number of nitrogens with zero attached hydrogens (tertiary/aromatic N) is 6. The van der Waals surface area contributed by atoms with Crippen LogP contribution in [0.4, 0.5) is 0 Å². The Balaban J connectivity index is 1.36. The van der Waals surface area contributed by atoms with Crippen molar-refractivity contribution in [2.75, 3.05) is 19.6 Å². The molecule has 0 saturated carbocycles. The second-order valence-corrected chi connectivity index (χ2v) is 6.75. The van der Waals surface area contributed by atoms with Gasteiger partial charge in [0, 0.05) is 32.6 Å². The van der Waals surface area contributed by atoms with Crippen molar-refractivity contribution in [3.8, 4) is 0 Å². The van der Waals surface area contributed by atoms with Gasteiger partial charge < -0.3 is 10.0 Å². The van der Waals surface area contributed by atoms with Crippen LogP contribution in [0.3, 0.4) is 0 Å². The zero-order valence-electron chi connectivity index (χ0n) is 14.0. The van der Waals surface area contributed by atoms with Crippen LogP contribution >= 0.6 is 0 Å². The number of benzene rings is 1. The predicted molar refractivity (Wildman–Crippen MR) is 89.4 cm³/mol. The molecule has 8 heteroatoms. The number of aliphatic hydroxyl groups excluding tert-OH is 1. The smallest absolute Gasteiger partial charge is 0.224 e. The van der Waals surface area contributed by atoms with Crippen LogP contribution in [0, 0.1) is 0 Å². The van der Waals surface area contributed by atoms with Crippen molar-refractivity contribution >= 4 is 5.91 Å². The first-order valence-corrected chi connectivity index (χ1v) is 8.68. The number of rotatable bonds is 4. The Labute approximate surface area is 146 Å². The number of carbonyl (C=O) groups is 1. The molecular weight excluding hydrogens is 320 g/mol. The summed E-state index contributed by atoms with van der Waals surface area (Å²) < 4.78 is 1.55. The molecule has 0 bridgehead atoms. The lowest BCUT2D eigenvalue weighted by atomic mass is 9.98. The maximum absolute atomic E-state index is 12.4. The van der Waals surface area contributed by atoms with Gasteiger partial charge in [-0.15, -0.1) is 5.10 Å². The standard InChI is InChI=1S/C17H22N6O2/c24-16-11-22(17(25)6-8-23-12-18-19-20-23)10-15(16)21-7-5-13-3-1-2-4-14(13)9-21/h1-4,12,15-16,24H,5-11H2/t15-,16-/m1/s1. The van der Waals surface area contributed by atoms with E-state index in [0.717, 1.165) is 19.5 Å². The summed E-state index contributed by atoms with van der Waals surface area (Å²) in [5, 5.41) is 21.4. The van der Waals surface area contributed by atoms with E-state index < -0.39 is 6.10 Å². The first-order chi connectivity index (χ1) is 12.2.